The molecule has 5 nitrogen and oxygen atoms in total. The summed E-state index contributed by atoms with van der Waals surface area (Å²) in [4.78, 5) is 16.7. The molecule has 2 aromatic carbocycles. The lowest BCUT2D eigenvalue weighted by atomic mass is 10.2. The Kier molecular flexibility index (Phi) is 7.03. The van der Waals surface area contributed by atoms with Crippen LogP contribution in [0.2, 0.25) is 0 Å². The van der Waals surface area contributed by atoms with Crippen molar-refractivity contribution in [2.45, 2.75) is 13.8 Å². The minimum atomic E-state index is -0.222. The number of rotatable bonds is 8. The molecule has 1 heterocycles. The maximum Gasteiger partial charge on any atom is 0.250 e. The van der Waals surface area contributed by atoms with Crippen LogP contribution in [-0.4, -0.2) is 24.6 Å². The van der Waals surface area contributed by atoms with Crippen LogP contribution in [0.1, 0.15) is 19.4 Å². The van der Waals surface area contributed by atoms with Crippen molar-refractivity contribution >= 4 is 28.5 Å². The number of aromatic nitrogens is 1. The molecule has 0 aliphatic heterocycles. The van der Waals surface area contributed by atoms with Gasteiger partial charge in [-0.05, 0) is 54.0 Å². The fourth-order valence-electron chi connectivity index (χ4n) is 2.48. The molecular formula is C23H24N2O3S. The van der Waals surface area contributed by atoms with Crippen LogP contribution in [0.3, 0.4) is 0 Å². The normalized spacial score (nSPS) is 11.0. The third-order valence-corrected chi connectivity index (χ3v) is 4.77. The number of benzene rings is 2. The first kappa shape index (κ1) is 20.6. The molecule has 0 aliphatic rings. The van der Waals surface area contributed by atoms with Gasteiger partial charge in [-0.2, -0.15) is 0 Å². The Bertz CT molecular complexity index is 961. The Labute approximate surface area is 175 Å². The molecule has 3 rings (SSSR count). The Morgan fingerprint density at radius 1 is 1.10 bits per heavy atom. The molecule has 6 heteroatoms. The molecule has 1 amide bonds. The van der Waals surface area contributed by atoms with E-state index in [1.807, 2.05) is 53.9 Å². The van der Waals surface area contributed by atoms with Crippen LogP contribution < -0.4 is 14.8 Å². The Morgan fingerprint density at radius 2 is 1.79 bits per heavy atom. The average Bonchev–Trinajstić information content (AvgIpc) is 3.20. The molecule has 0 unspecified atom stereocenters. The lowest BCUT2D eigenvalue weighted by Crippen LogP contribution is -2.07. The summed E-state index contributed by atoms with van der Waals surface area (Å²) in [5.41, 5.74) is 2.71. The van der Waals surface area contributed by atoms with Crippen LogP contribution >= 0.6 is 11.3 Å². The number of thiazole rings is 1. The smallest absolute Gasteiger partial charge is 0.250 e. The fraction of sp³-hybridized carbons (Fsp3) is 0.217. The lowest BCUT2D eigenvalue weighted by molar-refractivity contribution is -0.111. The SMILES string of the molecule is COc1ccc(-c2csc(NC(=O)C=Cc3ccc(OCC(C)C)cc3)n2)cc1. The zero-order chi connectivity index (χ0) is 20.6. The molecule has 0 saturated heterocycles. The van der Waals surface area contributed by atoms with Crippen LogP contribution in [0.15, 0.2) is 60.0 Å². The van der Waals surface area contributed by atoms with Gasteiger partial charge in [0.15, 0.2) is 5.13 Å². The number of nitrogens with one attached hydrogen (secondary N) is 1. The van der Waals surface area contributed by atoms with Gasteiger partial charge in [0.1, 0.15) is 11.5 Å². The number of nitrogens with zero attached hydrogens (tertiary/aromatic N) is 1. The first-order valence-electron chi connectivity index (χ1n) is 9.35. The summed E-state index contributed by atoms with van der Waals surface area (Å²) in [5.74, 6) is 1.88. The van der Waals surface area contributed by atoms with Crippen LogP contribution in [0.4, 0.5) is 5.13 Å². The van der Waals surface area contributed by atoms with Crippen LogP contribution in [0.5, 0.6) is 11.5 Å². The lowest BCUT2D eigenvalue weighted by Gasteiger charge is -2.08. The van der Waals surface area contributed by atoms with E-state index in [0.717, 1.165) is 28.3 Å². The van der Waals surface area contributed by atoms with Crippen molar-refractivity contribution in [1.29, 1.82) is 0 Å². The summed E-state index contributed by atoms with van der Waals surface area (Å²) < 4.78 is 10.8. The van der Waals surface area contributed by atoms with Crippen molar-refractivity contribution in [3.05, 3.63) is 65.6 Å². The summed E-state index contributed by atoms with van der Waals surface area (Å²) in [5, 5.41) is 5.27. The summed E-state index contributed by atoms with van der Waals surface area (Å²) in [7, 11) is 1.63. The molecule has 0 radical (unpaired) electrons. The van der Waals surface area contributed by atoms with Gasteiger partial charge in [-0.15, -0.1) is 11.3 Å². The van der Waals surface area contributed by atoms with E-state index in [9.17, 15) is 4.79 Å². The standard InChI is InChI=1S/C23H24N2O3S/c1-16(2)14-28-20-9-4-17(5-10-20)6-13-22(26)25-23-24-21(15-29-23)18-7-11-19(27-3)12-8-18/h4-13,15-16H,14H2,1-3H3,(H,24,25,26). The number of ether oxygens (including phenoxy) is 2. The minimum Gasteiger partial charge on any atom is -0.497 e. The fourth-order valence-corrected chi connectivity index (χ4v) is 3.21. The molecule has 3 aromatic rings. The van der Waals surface area contributed by atoms with Crippen molar-refractivity contribution in [3.63, 3.8) is 0 Å². The number of carbonyl (C=O) groups is 1. The number of methoxy groups -OCH3 is 1. The molecule has 0 saturated carbocycles. The second kappa shape index (κ2) is 9.89. The summed E-state index contributed by atoms with van der Waals surface area (Å²) >= 11 is 1.39. The molecule has 29 heavy (non-hydrogen) atoms. The molecule has 1 N–H and O–H groups in total. The van der Waals surface area contributed by atoms with Gasteiger partial charge in [-0.25, -0.2) is 4.98 Å². The number of hydrogen-bond acceptors (Lipinski definition) is 5. The van der Waals surface area contributed by atoms with Crippen molar-refractivity contribution in [2.75, 3.05) is 19.0 Å². The first-order valence-corrected chi connectivity index (χ1v) is 10.2. The highest BCUT2D eigenvalue weighted by Crippen LogP contribution is 2.26. The quantitative estimate of drug-likeness (QED) is 0.500. The van der Waals surface area contributed by atoms with E-state index < -0.39 is 0 Å². The number of hydrogen-bond donors (Lipinski definition) is 1. The van der Waals surface area contributed by atoms with Gasteiger partial charge in [0.2, 0.25) is 5.91 Å². The predicted octanol–water partition coefficient (Wildman–Crippen LogP) is 5.51. The molecule has 0 bridgehead atoms. The van der Waals surface area contributed by atoms with Crippen molar-refractivity contribution in [3.8, 4) is 22.8 Å². The first-order chi connectivity index (χ1) is 14.0. The molecule has 0 fully saturated rings. The van der Waals surface area contributed by atoms with Gasteiger partial charge in [0.05, 0.1) is 19.4 Å². The van der Waals surface area contributed by atoms with Gasteiger partial charge >= 0.3 is 0 Å². The monoisotopic (exact) mass is 408 g/mol. The van der Waals surface area contributed by atoms with Crippen LogP contribution in [0.25, 0.3) is 17.3 Å². The zero-order valence-corrected chi connectivity index (χ0v) is 17.5. The van der Waals surface area contributed by atoms with E-state index in [1.165, 1.54) is 17.4 Å². The number of amides is 1. The van der Waals surface area contributed by atoms with Crippen LogP contribution in [0, 0.1) is 5.92 Å². The maximum absolute atomic E-state index is 12.2. The number of carbonyl (C=O) groups excluding carboxylic acids is 1. The topological polar surface area (TPSA) is 60.5 Å². The highest BCUT2D eigenvalue weighted by molar-refractivity contribution is 7.14. The molecule has 1 aromatic heterocycles. The molecule has 0 aliphatic carbocycles. The van der Waals surface area contributed by atoms with Gasteiger partial charge in [0, 0.05) is 17.0 Å². The van der Waals surface area contributed by atoms with E-state index in [0.29, 0.717) is 17.7 Å². The zero-order valence-electron chi connectivity index (χ0n) is 16.7. The summed E-state index contributed by atoms with van der Waals surface area (Å²) in [6, 6.07) is 15.3. The Morgan fingerprint density at radius 3 is 2.45 bits per heavy atom. The van der Waals surface area contributed by atoms with Gasteiger partial charge in [-0.1, -0.05) is 26.0 Å². The second-order valence-electron chi connectivity index (χ2n) is 6.86. The minimum absolute atomic E-state index is 0.222. The van der Waals surface area contributed by atoms with Gasteiger partial charge < -0.3 is 9.47 Å². The largest absolute Gasteiger partial charge is 0.497 e. The molecule has 0 spiro atoms. The van der Waals surface area contributed by atoms with Crippen molar-refractivity contribution in [2.24, 2.45) is 5.92 Å². The van der Waals surface area contributed by atoms with Crippen molar-refractivity contribution in [1.82, 2.24) is 4.98 Å². The van der Waals surface area contributed by atoms with E-state index >= 15 is 0 Å². The Hall–Kier alpha value is -3.12. The highest BCUT2D eigenvalue weighted by Gasteiger charge is 2.07. The molecular weight excluding hydrogens is 384 g/mol. The third kappa shape index (κ3) is 6.19. The second-order valence-corrected chi connectivity index (χ2v) is 7.72. The molecule has 0 atom stereocenters. The van der Waals surface area contributed by atoms with E-state index in [4.69, 9.17) is 9.47 Å². The van der Waals surface area contributed by atoms with Crippen LogP contribution in [-0.2, 0) is 4.79 Å². The van der Waals surface area contributed by atoms with E-state index in [-0.39, 0.29) is 5.91 Å². The summed E-state index contributed by atoms with van der Waals surface area (Å²) in [6.45, 7) is 4.90. The highest BCUT2D eigenvalue weighted by atomic mass is 32.1. The molecule has 150 valence electrons. The average molecular weight is 409 g/mol. The maximum atomic E-state index is 12.2. The number of anilines is 1. The van der Waals surface area contributed by atoms with E-state index in [1.54, 1.807) is 13.2 Å². The Balaban J connectivity index is 1.55. The summed E-state index contributed by atoms with van der Waals surface area (Å²) in [6.07, 6.45) is 3.26. The van der Waals surface area contributed by atoms with E-state index in [2.05, 4.69) is 24.1 Å². The van der Waals surface area contributed by atoms with Crippen molar-refractivity contribution < 1.29 is 14.3 Å². The van der Waals surface area contributed by atoms with Gasteiger partial charge in [0.25, 0.3) is 0 Å². The predicted molar refractivity (Wildman–Crippen MR) is 119 cm³/mol. The van der Waals surface area contributed by atoms with Gasteiger partial charge in [-0.3, -0.25) is 10.1 Å². The third-order valence-electron chi connectivity index (χ3n) is 4.01.